The molecule has 0 amide bonds. The monoisotopic (exact) mass is 358 g/mol. The molecule has 4 heteroatoms. The molecule has 17 heavy (non-hydrogen) atoms. The van der Waals surface area contributed by atoms with Crippen molar-refractivity contribution in [3.8, 4) is 5.75 Å². The molecule has 1 unspecified atom stereocenters. The summed E-state index contributed by atoms with van der Waals surface area (Å²) in [6, 6.07) is 3.53. The van der Waals surface area contributed by atoms with Gasteiger partial charge in [0.1, 0.15) is 18.1 Å². The smallest absolute Gasteiger partial charge is 0.150 e. The van der Waals surface area contributed by atoms with Gasteiger partial charge in [-0.25, -0.2) is 0 Å². The second kappa shape index (κ2) is 5.83. The number of rotatable bonds is 3. The maximum Gasteiger partial charge on any atom is 0.150 e. The summed E-state index contributed by atoms with van der Waals surface area (Å²) < 4.78 is 7.52. The molecule has 0 bridgehead atoms. The van der Waals surface area contributed by atoms with Crippen molar-refractivity contribution in [1.82, 2.24) is 0 Å². The molecule has 0 fully saturated rings. The Kier molecular flexibility index (Phi) is 4.40. The van der Waals surface area contributed by atoms with Gasteiger partial charge in [0.25, 0.3) is 0 Å². The van der Waals surface area contributed by atoms with Crippen LogP contribution in [-0.2, 0) is 0 Å². The molecule has 90 valence electrons. The van der Waals surface area contributed by atoms with Crippen LogP contribution in [-0.4, -0.2) is 12.4 Å². The number of allylic oxidation sites excluding steroid dienone is 1. The highest BCUT2D eigenvalue weighted by molar-refractivity contribution is 9.11. The SMILES string of the molecule is O=Cc1cc(Br)c(OC2C=CCCC2)c(Br)c1. The van der Waals surface area contributed by atoms with E-state index in [9.17, 15) is 4.79 Å². The van der Waals surface area contributed by atoms with E-state index >= 15 is 0 Å². The van der Waals surface area contributed by atoms with E-state index in [2.05, 4.69) is 44.0 Å². The summed E-state index contributed by atoms with van der Waals surface area (Å²) in [5.41, 5.74) is 0.621. The van der Waals surface area contributed by atoms with E-state index in [1.54, 1.807) is 12.1 Å². The number of carbonyl (C=O) groups excluding carboxylic acids is 1. The Labute approximate surface area is 117 Å². The zero-order valence-corrected chi connectivity index (χ0v) is 12.3. The third-order valence-corrected chi connectivity index (χ3v) is 3.81. The van der Waals surface area contributed by atoms with Gasteiger partial charge >= 0.3 is 0 Å². The van der Waals surface area contributed by atoms with Gasteiger partial charge in [0, 0.05) is 5.56 Å². The second-order valence-corrected chi connectivity index (χ2v) is 5.66. The first-order chi connectivity index (χ1) is 8.20. The Morgan fingerprint density at radius 2 is 2.00 bits per heavy atom. The van der Waals surface area contributed by atoms with Gasteiger partial charge < -0.3 is 4.74 Å². The highest BCUT2D eigenvalue weighted by Crippen LogP contribution is 2.36. The van der Waals surface area contributed by atoms with Crippen LogP contribution in [0, 0.1) is 0 Å². The number of hydrogen-bond acceptors (Lipinski definition) is 2. The number of ether oxygens (including phenoxy) is 1. The van der Waals surface area contributed by atoms with E-state index in [1.807, 2.05) is 0 Å². The van der Waals surface area contributed by atoms with Gasteiger partial charge in [-0.2, -0.15) is 0 Å². The summed E-state index contributed by atoms with van der Waals surface area (Å²) in [4.78, 5) is 10.7. The van der Waals surface area contributed by atoms with Crippen LogP contribution in [0.5, 0.6) is 5.75 Å². The van der Waals surface area contributed by atoms with Gasteiger partial charge in [-0.3, -0.25) is 4.79 Å². The fourth-order valence-corrected chi connectivity index (χ4v) is 3.20. The van der Waals surface area contributed by atoms with Crippen molar-refractivity contribution < 1.29 is 9.53 Å². The molecule has 0 N–H and O–H groups in total. The van der Waals surface area contributed by atoms with Crippen molar-refractivity contribution in [1.29, 1.82) is 0 Å². The van der Waals surface area contributed by atoms with E-state index in [0.717, 1.165) is 40.2 Å². The molecule has 1 atom stereocenters. The molecule has 0 aliphatic heterocycles. The van der Waals surface area contributed by atoms with Crippen LogP contribution < -0.4 is 4.74 Å². The molecule has 0 heterocycles. The van der Waals surface area contributed by atoms with Gasteiger partial charge in [0.15, 0.2) is 0 Å². The zero-order chi connectivity index (χ0) is 12.3. The summed E-state index contributed by atoms with van der Waals surface area (Å²) >= 11 is 6.86. The Balaban J connectivity index is 2.23. The lowest BCUT2D eigenvalue weighted by Crippen LogP contribution is -2.16. The predicted molar refractivity (Wildman–Crippen MR) is 74.6 cm³/mol. The Hall–Kier alpha value is -0.610. The fraction of sp³-hybridized carbons (Fsp3) is 0.308. The van der Waals surface area contributed by atoms with Gasteiger partial charge in [-0.05, 0) is 69.3 Å². The van der Waals surface area contributed by atoms with Crippen molar-refractivity contribution in [3.63, 3.8) is 0 Å². The van der Waals surface area contributed by atoms with E-state index in [0.29, 0.717) is 5.56 Å². The van der Waals surface area contributed by atoms with Crippen LogP contribution in [0.15, 0.2) is 33.2 Å². The van der Waals surface area contributed by atoms with Crippen molar-refractivity contribution in [2.24, 2.45) is 0 Å². The zero-order valence-electron chi connectivity index (χ0n) is 9.16. The number of halogens is 2. The first kappa shape index (κ1) is 12.8. The Bertz CT molecular complexity index is 432. The molecule has 0 aromatic heterocycles. The minimum absolute atomic E-state index is 0.124. The van der Waals surface area contributed by atoms with Crippen molar-refractivity contribution in [2.45, 2.75) is 25.4 Å². The second-order valence-electron chi connectivity index (χ2n) is 3.95. The van der Waals surface area contributed by atoms with E-state index < -0.39 is 0 Å². The predicted octanol–water partition coefficient (Wildman–Crippen LogP) is 4.51. The first-order valence-corrected chi connectivity index (χ1v) is 7.07. The molecule has 0 radical (unpaired) electrons. The summed E-state index contributed by atoms with van der Waals surface area (Å²) in [5.74, 6) is 0.757. The molecule has 2 nitrogen and oxygen atoms in total. The number of hydrogen-bond donors (Lipinski definition) is 0. The lowest BCUT2D eigenvalue weighted by atomic mass is 10.1. The number of aldehydes is 1. The minimum Gasteiger partial charge on any atom is -0.484 e. The van der Waals surface area contributed by atoms with Gasteiger partial charge in [0.2, 0.25) is 0 Å². The minimum atomic E-state index is 0.124. The molecule has 0 saturated carbocycles. The fourth-order valence-electron chi connectivity index (χ4n) is 1.79. The topological polar surface area (TPSA) is 26.3 Å². The number of carbonyl (C=O) groups is 1. The maximum atomic E-state index is 10.7. The molecule has 1 aromatic carbocycles. The lowest BCUT2D eigenvalue weighted by Gasteiger charge is -2.20. The Morgan fingerprint density at radius 3 is 2.53 bits per heavy atom. The van der Waals surface area contributed by atoms with E-state index in [-0.39, 0.29) is 6.10 Å². The van der Waals surface area contributed by atoms with Crippen LogP contribution >= 0.6 is 31.9 Å². The summed E-state index contributed by atoms with van der Waals surface area (Å²) in [6.07, 6.45) is 8.50. The highest BCUT2D eigenvalue weighted by Gasteiger charge is 2.15. The van der Waals surface area contributed by atoms with Crippen molar-refractivity contribution in [3.05, 3.63) is 38.8 Å². The van der Waals surface area contributed by atoms with Crippen LogP contribution in [0.4, 0.5) is 0 Å². The molecule has 0 spiro atoms. The molecule has 1 aliphatic carbocycles. The third-order valence-electron chi connectivity index (χ3n) is 2.64. The quantitative estimate of drug-likeness (QED) is 0.586. The average Bonchev–Trinajstić information content (AvgIpc) is 2.35. The van der Waals surface area contributed by atoms with Crippen molar-refractivity contribution in [2.75, 3.05) is 0 Å². The molecule has 2 rings (SSSR count). The third kappa shape index (κ3) is 3.19. The largest absolute Gasteiger partial charge is 0.484 e. The molecular weight excluding hydrogens is 348 g/mol. The highest BCUT2D eigenvalue weighted by atomic mass is 79.9. The Morgan fingerprint density at radius 1 is 1.29 bits per heavy atom. The standard InChI is InChI=1S/C13H12Br2O2/c14-11-6-9(8-16)7-12(15)13(11)17-10-4-2-1-3-5-10/h2,4,6-8,10H,1,3,5H2. The van der Waals surface area contributed by atoms with E-state index in [1.165, 1.54) is 0 Å². The van der Waals surface area contributed by atoms with Crippen LogP contribution in [0.2, 0.25) is 0 Å². The summed E-state index contributed by atoms with van der Waals surface area (Å²) in [7, 11) is 0. The molecule has 0 saturated heterocycles. The summed E-state index contributed by atoms with van der Waals surface area (Å²) in [5, 5.41) is 0. The summed E-state index contributed by atoms with van der Waals surface area (Å²) in [6.45, 7) is 0. The first-order valence-electron chi connectivity index (χ1n) is 5.48. The van der Waals surface area contributed by atoms with Crippen molar-refractivity contribution >= 4 is 38.1 Å². The van der Waals surface area contributed by atoms with Gasteiger partial charge in [0.05, 0.1) is 8.95 Å². The molecule has 1 aliphatic rings. The van der Waals surface area contributed by atoms with Crippen LogP contribution in [0.1, 0.15) is 29.6 Å². The van der Waals surface area contributed by atoms with E-state index in [4.69, 9.17) is 4.74 Å². The van der Waals surface area contributed by atoms with Crippen LogP contribution in [0.3, 0.4) is 0 Å². The maximum absolute atomic E-state index is 10.7. The average molecular weight is 360 g/mol. The van der Waals surface area contributed by atoms with Gasteiger partial charge in [-0.1, -0.05) is 6.08 Å². The molecular formula is C13H12Br2O2. The number of benzene rings is 1. The normalized spacial score (nSPS) is 19.1. The van der Waals surface area contributed by atoms with Crippen LogP contribution in [0.25, 0.3) is 0 Å². The lowest BCUT2D eigenvalue weighted by molar-refractivity contribution is 0.112. The molecule has 1 aromatic rings. The van der Waals surface area contributed by atoms with Gasteiger partial charge in [-0.15, -0.1) is 0 Å².